The van der Waals surface area contributed by atoms with Gasteiger partial charge >= 0.3 is 5.97 Å². The van der Waals surface area contributed by atoms with Crippen molar-refractivity contribution in [1.29, 1.82) is 0 Å². The highest BCUT2D eigenvalue weighted by atomic mass is 35.5. The molecule has 1 amide bonds. The molecule has 126 valence electrons. The molecule has 0 aliphatic heterocycles. The van der Waals surface area contributed by atoms with E-state index in [9.17, 15) is 9.59 Å². The quantitative estimate of drug-likeness (QED) is 0.623. The number of amides is 1. The molecule has 0 bridgehead atoms. The van der Waals surface area contributed by atoms with Gasteiger partial charge in [-0.25, -0.2) is 4.79 Å². The van der Waals surface area contributed by atoms with Crippen molar-refractivity contribution in [3.63, 3.8) is 0 Å². The van der Waals surface area contributed by atoms with E-state index in [4.69, 9.17) is 32.4 Å². The summed E-state index contributed by atoms with van der Waals surface area (Å²) in [6.45, 7) is 1.63. The molecule has 5 nitrogen and oxygen atoms in total. The summed E-state index contributed by atoms with van der Waals surface area (Å²) >= 11 is 11.8. The van der Waals surface area contributed by atoms with E-state index in [-0.39, 0.29) is 13.2 Å². The standard InChI is InChI=1S/C17H15Cl2NO4/c1-11-2-5-14(24-11)6-7-17(22)23-10-16(21)20-9-12-3-4-13(18)8-15(12)19/h2-8H,9-10H2,1H3,(H,20,21)/b7-6+. The number of ether oxygens (including phenoxy) is 1. The zero-order valence-corrected chi connectivity index (χ0v) is 14.4. The average Bonchev–Trinajstić information content (AvgIpc) is 2.95. The van der Waals surface area contributed by atoms with Crippen LogP contribution in [0.25, 0.3) is 6.08 Å². The second kappa shape index (κ2) is 8.57. The van der Waals surface area contributed by atoms with E-state index in [1.165, 1.54) is 12.2 Å². The minimum absolute atomic E-state index is 0.216. The molecule has 0 unspecified atom stereocenters. The van der Waals surface area contributed by atoms with Crippen molar-refractivity contribution in [2.75, 3.05) is 6.61 Å². The Morgan fingerprint density at radius 1 is 1.25 bits per heavy atom. The van der Waals surface area contributed by atoms with E-state index in [2.05, 4.69) is 5.32 Å². The highest BCUT2D eigenvalue weighted by molar-refractivity contribution is 6.35. The molecule has 2 aromatic rings. The number of hydrogen-bond donors (Lipinski definition) is 1. The summed E-state index contributed by atoms with van der Waals surface area (Å²) < 4.78 is 10.1. The Morgan fingerprint density at radius 3 is 2.71 bits per heavy atom. The Balaban J connectivity index is 1.74. The van der Waals surface area contributed by atoms with E-state index < -0.39 is 11.9 Å². The van der Waals surface area contributed by atoms with Gasteiger partial charge in [-0.1, -0.05) is 29.3 Å². The SMILES string of the molecule is Cc1ccc(/C=C/C(=O)OCC(=O)NCc2ccc(Cl)cc2Cl)o1. The lowest BCUT2D eigenvalue weighted by Crippen LogP contribution is -2.28. The van der Waals surface area contributed by atoms with E-state index >= 15 is 0 Å². The summed E-state index contributed by atoms with van der Waals surface area (Å²) in [5.74, 6) is 0.204. The average molecular weight is 368 g/mol. The summed E-state index contributed by atoms with van der Waals surface area (Å²) in [5.41, 5.74) is 0.717. The van der Waals surface area contributed by atoms with Gasteiger partial charge in [0, 0.05) is 22.7 Å². The van der Waals surface area contributed by atoms with Gasteiger partial charge in [0.1, 0.15) is 11.5 Å². The highest BCUT2D eigenvalue weighted by Crippen LogP contribution is 2.20. The third-order valence-corrected chi connectivity index (χ3v) is 3.57. The van der Waals surface area contributed by atoms with Crippen molar-refractivity contribution in [2.24, 2.45) is 0 Å². The first-order valence-corrected chi connectivity index (χ1v) is 7.81. The minimum atomic E-state index is -0.635. The molecule has 0 atom stereocenters. The zero-order valence-electron chi connectivity index (χ0n) is 12.8. The molecule has 0 fully saturated rings. The molecule has 0 saturated heterocycles. The second-order valence-corrected chi connectivity index (χ2v) is 5.75. The number of halogens is 2. The van der Waals surface area contributed by atoms with Crippen LogP contribution in [0.15, 0.2) is 40.8 Å². The van der Waals surface area contributed by atoms with E-state index in [1.807, 2.05) is 0 Å². The fraction of sp³-hybridized carbons (Fsp3) is 0.176. The molecule has 0 aliphatic carbocycles. The van der Waals surface area contributed by atoms with E-state index in [0.29, 0.717) is 21.4 Å². The van der Waals surface area contributed by atoms with Gasteiger partial charge in [0.05, 0.1) is 0 Å². The number of carbonyl (C=O) groups is 2. The number of furan rings is 1. The van der Waals surface area contributed by atoms with Crippen molar-refractivity contribution in [3.8, 4) is 0 Å². The van der Waals surface area contributed by atoms with Gasteiger partial charge in [0.2, 0.25) is 0 Å². The third kappa shape index (κ3) is 5.76. The topological polar surface area (TPSA) is 68.5 Å². The van der Waals surface area contributed by atoms with Gasteiger partial charge in [0.15, 0.2) is 6.61 Å². The molecule has 0 aliphatic rings. The summed E-state index contributed by atoms with van der Waals surface area (Å²) in [6, 6.07) is 8.48. The van der Waals surface area contributed by atoms with Crippen LogP contribution < -0.4 is 5.32 Å². The Kier molecular flexibility index (Phi) is 6.46. The molecule has 1 aromatic heterocycles. The first-order chi connectivity index (χ1) is 11.4. The Hall–Kier alpha value is -2.24. The molecule has 1 aromatic carbocycles. The van der Waals surface area contributed by atoms with Gasteiger partial charge in [0.25, 0.3) is 5.91 Å². The van der Waals surface area contributed by atoms with Crippen LogP contribution in [0.2, 0.25) is 10.0 Å². The van der Waals surface area contributed by atoms with Crippen LogP contribution in [0.3, 0.4) is 0 Å². The summed E-state index contributed by atoms with van der Waals surface area (Å²) in [6.07, 6.45) is 2.67. The smallest absolute Gasteiger partial charge is 0.331 e. The van der Waals surface area contributed by atoms with Gasteiger partial charge in [-0.3, -0.25) is 4.79 Å². The molecular weight excluding hydrogens is 353 g/mol. The molecule has 0 saturated carbocycles. The Labute approximate surface area is 149 Å². The van der Waals surface area contributed by atoms with Crippen molar-refractivity contribution in [3.05, 3.63) is 63.5 Å². The molecule has 1 heterocycles. The van der Waals surface area contributed by atoms with Crippen LogP contribution in [0.1, 0.15) is 17.1 Å². The van der Waals surface area contributed by atoms with Gasteiger partial charge in [-0.05, 0) is 42.8 Å². The maximum atomic E-state index is 11.7. The maximum absolute atomic E-state index is 11.7. The number of hydrogen-bond acceptors (Lipinski definition) is 4. The fourth-order valence-electron chi connectivity index (χ4n) is 1.79. The van der Waals surface area contributed by atoms with Gasteiger partial charge in [-0.2, -0.15) is 0 Å². The lowest BCUT2D eigenvalue weighted by molar-refractivity contribution is -0.143. The Bertz CT molecular complexity index is 768. The molecule has 7 heteroatoms. The monoisotopic (exact) mass is 367 g/mol. The lowest BCUT2D eigenvalue weighted by Gasteiger charge is -2.07. The molecule has 24 heavy (non-hydrogen) atoms. The second-order valence-electron chi connectivity index (χ2n) is 4.90. The minimum Gasteiger partial charge on any atom is -0.462 e. The molecule has 2 rings (SSSR count). The van der Waals surface area contributed by atoms with E-state index in [0.717, 1.165) is 5.76 Å². The van der Waals surface area contributed by atoms with Gasteiger partial charge < -0.3 is 14.5 Å². The van der Waals surface area contributed by atoms with Crippen LogP contribution in [0, 0.1) is 6.92 Å². The number of aryl methyl sites for hydroxylation is 1. The fourth-order valence-corrected chi connectivity index (χ4v) is 2.26. The van der Waals surface area contributed by atoms with Crippen LogP contribution >= 0.6 is 23.2 Å². The molecule has 0 radical (unpaired) electrons. The summed E-state index contributed by atoms with van der Waals surface area (Å²) in [5, 5.41) is 3.58. The Morgan fingerprint density at radius 2 is 2.04 bits per heavy atom. The van der Waals surface area contributed by atoms with E-state index in [1.54, 1.807) is 37.3 Å². The van der Waals surface area contributed by atoms with Crippen LogP contribution in [0.4, 0.5) is 0 Å². The largest absolute Gasteiger partial charge is 0.462 e. The lowest BCUT2D eigenvalue weighted by atomic mass is 10.2. The highest BCUT2D eigenvalue weighted by Gasteiger charge is 2.07. The molecule has 1 N–H and O–H groups in total. The number of esters is 1. The van der Waals surface area contributed by atoms with Crippen molar-refractivity contribution < 1.29 is 18.7 Å². The van der Waals surface area contributed by atoms with Crippen LogP contribution in [-0.4, -0.2) is 18.5 Å². The third-order valence-electron chi connectivity index (χ3n) is 2.98. The number of rotatable bonds is 6. The number of nitrogens with one attached hydrogen (secondary N) is 1. The summed E-state index contributed by atoms with van der Waals surface area (Å²) in [7, 11) is 0. The normalized spacial score (nSPS) is 10.8. The molecular formula is C17H15Cl2NO4. The van der Waals surface area contributed by atoms with Crippen LogP contribution in [0.5, 0.6) is 0 Å². The van der Waals surface area contributed by atoms with Crippen molar-refractivity contribution in [2.45, 2.75) is 13.5 Å². The van der Waals surface area contributed by atoms with Crippen LogP contribution in [-0.2, 0) is 20.9 Å². The first kappa shape index (κ1) is 18.1. The predicted molar refractivity (Wildman–Crippen MR) is 91.7 cm³/mol. The van der Waals surface area contributed by atoms with Gasteiger partial charge in [-0.15, -0.1) is 0 Å². The number of carbonyl (C=O) groups excluding carboxylic acids is 2. The maximum Gasteiger partial charge on any atom is 0.331 e. The van der Waals surface area contributed by atoms with Crippen molar-refractivity contribution >= 4 is 41.2 Å². The zero-order chi connectivity index (χ0) is 17.5. The number of benzene rings is 1. The molecule has 0 spiro atoms. The summed E-state index contributed by atoms with van der Waals surface area (Å²) in [4.78, 5) is 23.2. The first-order valence-electron chi connectivity index (χ1n) is 7.06. The van der Waals surface area contributed by atoms with Crippen molar-refractivity contribution in [1.82, 2.24) is 5.32 Å². The predicted octanol–water partition coefficient (Wildman–Crippen LogP) is 3.77.